The Kier molecular flexibility index (Phi) is 5.99. The van der Waals surface area contributed by atoms with Crippen molar-refractivity contribution in [3.05, 3.63) is 54.1 Å². The van der Waals surface area contributed by atoms with Gasteiger partial charge in [-0.1, -0.05) is 19.1 Å². The van der Waals surface area contributed by atoms with Gasteiger partial charge in [0.25, 0.3) is 0 Å². The number of hydrogen-bond acceptors (Lipinski definition) is 2. The monoisotopic (exact) mass is 358 g/mol. The fourth-order valence-electron chi connectivity index (χ4n) is 3.57. The van der Waals surface area contributed by atoms with Crippen LogP contribution in [0.4, 0.5) is 14.5 Å². The van der Waals surface area contributed by atoms with E-state index in [2.05, 4.69) is 17.6 Å². The Morgan fingerprint density at radius 1 is 1.12 bits per heavy atom. The number of piperidine rings is 1. The van der Waals surface area contributed by atoms with Crippen molar-refractivity contribution in [3.8, 4) is 11.1 Å². The van der Waals surface area contributed by atoms with Gasteiger partial charge in [-0.25, -0.2) is 8.78 Å². The molecule has 3 nitrogen and oxygen atoms in total. The van der Waals surface area contributed by atoms with E-state index < -0.39 is 5.82 Å². The van der Waals surface area contributed by atoms with Crippen LogP contribution in [0.1, 0.15) is 26.2 Å². The molecular formula is C21H24F2N2O. The quantitative estimate of drug-likeness (QED) is 0.820. The van der Waals surface area contributed by atoms with Crippen molar-refractivity contribution in [2.45, 2.75) is 26.2 Å². The second-order valence-corrected chi connectivity index (χ2v) is 7.01. The van der Waals surface area contributed by atoms with Gasteiger partial charge in [0, 0.05) is 17.7 Å². The second-order valence-electron chi connectivity index (χ2n) is 7.01. The Bertz CT molecular complexity index is 755. The molecule has 3 rings (SSSR count). The first-order valence-corrected chi connectivity index (χ1v) is 9.09. The van der Waals surface area contributed by atoms with E-state index >= 15 is 0 Å². The largest absolute Gasteiger partial charge is 0.326 e. The van der Waals surface area contributed by atoms with Crippen LogP contribution in [0.5, 0.6) is 0 Å². The van der Waals surface area contributed by atoms with Crippen LogP contribution >= 0.6 is 0 Å². The number of carbonyl (C=O) groups excluding carboxylic acids is 1. The molecule has 0 aromatic heterocycles. The van der Waals surface area contributed by atoms with Crippen LogP contribution in [-0.2, 0) is 4.79 Å². The zero-order valence-electron chi connectivity index (χ0n) is 14.9. The summed E-state index contributed by atoms with van der Waals surface area (Å²) in [5.41, 5.74) is 1.75. The predicted octanol–water partition coefficient (Wildman–Crippen LogP) is 4.60. The topological polar surface area (TPSA) is 41.1 Å². The highest BCUT2D eigenvalue weighted by atomic mass is 19.1. The molecule has 0 bridgehead atoms. The van der Waals surface area contributed by atoms with Crippen molar-refractivity contribution >= 4 is 11.6 Å². The summed E-state index contributed by atoms with van der Waals surface area (Å²) in [6.45, 7) is 4.12. The van der Waals surface area contributed by atoms with Crippen molar-refractivity contribution in [1.29, 1.82) is 0 Å². The molecule has 2 aromatic rings. The lowest BCUT2D eigenvalue weighted by atomic mass is 9.84. The molecular weight excluding hydrogens is 334 g/mol. The van der Waals surface area contributed by atoms with Crippen molar-refractivity contribution in [2.75, 3.05) is 18.4 Å². The van der Waals surface area contributed by atoms with Crippen molar-refractivity contribution in [1.82, 2.24) is 5.32 Å². The summed E-state index contributed by atoms with van der Waals surface area (Å²) in [6.07, 6.45) is 2.61. The number of anilines is 1. The highest BCUT2D eigenvalue weighted by molar-refractivity contribution is 5.95. The third kappa shape index (κ3) is 4.67. The molecule has 0 spiro atoms. The summed E-state index contributed by atoms with van der Waals surface area (Å²) in [6, 6.07) is 10.0. The molecule has 26 heavy (non-hydrogen) atoms. The van der Waals surface area contributed by atoms with E-state index in [1.807, 2.05) is 0 Å². The number of carbonyl (C=O) groups is 1. The van der Waals surface area contributed by atoms with Gasteiger partial charge in [-0.3, -0.25) is 4.79 Å². The van der Waals surface area contributed by atoms with Crippen molar-refractivity contribution in [2.24, 2.45) is 11.8 Å². The SMILES string of the molecule is CC(CC(=O)Nc1ccc(F)cc1-c1ccc(F)cc1)C1CCNCC1. The Labute approximate surface area is 152 Å². The third-order valence-corrected chi connectivity index (χ3v) is 5.11. The molecule has 1 fully saturated rings. The molecule has 0 saturated carbocycles. The predicted molar refractivity (Wildman–Crippen MR) is 99.8 cm³/mol. The number of nitrogens with one attached hydrogen (secondary N) is 2. The number of amides is 1. The average Bonchev–Trinajstić information content (AvgIpc) is 2.64. The van der Waals surface area contributed by atoms with E-state index in [1.54, 1.807) is 18.2 Å². The Balaban J connectivity index is 1.72. The summed E-state index contributed by atoms with van der Waals surface area (Å²) in [5.74, 6) is 0.0153. The molecule has 1 amide bonds. The zero-order valence-corrected chi connectivity index (χ0v) is 14.9. The molecule has 1 aliphatic rings. The minimum atomic E-state index is -0.398. The van der Waals surface area contributed by atoms with E-state index in [4.69, 9.17) is 0 Å². The number of hydrogen-bond donors (Lipinski definition) is 2. The van der Waals surface area contributed by atoms with Gasteiger partial charge >= 0.3 is 0 Å². The smallest absolute Gasteiger partial charge is 0.224 e. The summed E-state index contributed by atoms with van der Waals surface area (Å²) in [7, 11) is 0. The van der Waals surface area contributed by atoms with E-state index in [9.17, 15) is 13.6 Å². The first-order chi connectivity index (χ1) is 12.5. The first kappa shape index (κ1) is 18.5. The zero-order chi connectivity index (χ0) is 18.5. The van der Waals surface area contributed by atoms with Gasteiger partial charge in [-0.05, 0) is 73.7 Å². The van der Waals surface area contributed by atoms with E-state index in [-0.39, 0.29) is 11.7 Å². The van der Waals surface area contributed by atoms with Gasteiger partial charge in [0.2, 0.25) is 5.91 Å². The van der Waals surface area contributed by atoms with Gasteiger partial charge in [-0.15, -0.1) is 0 Å². The Hall–Kier alpha value is -2.27. The maximum Gasteiger partial charge on any atom is 0.224 e. The van der Waals surface area contributed by atoms with Crippen molar-refractivity contribution in [3.63, 3.8) is 0 Å². The lowest BCUT2D eigenvalue weighted by molar-refractivity contribution is -0.117. The molecule has 1 saturated heterocycles. The molecule has 1 heterocycles. The minimum Gasteiger partial charge on any atom is -0.326 e. The van der Waals surface area contributed by atoms with E-state index in [1.165, 1.54) is 24.3 Å². The summed E-state index contributed by atoms with van der Waals surface area (Å²) >= 11 is 0. The van der Waals surface area contributed by atoms with Crippen LogP contribution in [0.25, 0.3) is 11.1 Å². The molecule has 1 unspecified atom stereocenters. The van der Waals surface area contributed by atoms with Crippen LogP contribution in [0.3, 0.4) is 0 Å². The van der Waals surface area contributed by atoms with E-state index in [0.29, 0.717) is 35.1 Å². The van der Waals surface area contributed by atoms with Gasteiger partial charge in [0.05, 0.1) is 0 Å². The van der Waals surface area contributed by atoms with Gasteiger partial charge in [-0.2, -0.15) is 0 Å². The highest BCUT2D eigenvalue weighted by Gasteiger charge is 2.22. The molecule has 138 valence electrons. The van der Waals surface area contributed by atoms with Crippen LogP contribution in [0, 0.1) is 23.5 Å². The van der Waals surface area contributed by atoms with Crippen LogP contribution in [-0.4, -0.2) is 19.0 Å². The standard InChI is InChI=1S/C21H24F2N2O/c1-14(15-8-10-24-11-9-15)12-21(26)25-20-7-6-18(23)13-19(20)16-2-4-17(22)5-3-16/h2-7,13-15,24H,8-12H2,1H3,(H,25,26). The third-order valence-electron chi connectivity index (χ3n) is 5.11. The average molecular weight is 358 g/mol. The van der Waals surface area contributed by atoms with Gasteiger partial charge < -0.3 is 10.6 Å². The molecule has 1 atom stereocenters. The molecule has 2 aromatic carbocycles. The van der Waals surface area contributed by atoms with Gasteiger partial charge in [0.1, 0.15) is 11.6 Å². The summed E-state index contributed by atoms with van der Waals surface area (Å²) < 4.78 is 26.9. The van der Waals surface area contributed by atoms with Gasteiger partial charge in [0.15, 0.2) is 0 Å². The number of rotatable bonds is 5. The van der Waals surface area contributed by atoms with Crippen LogP contribution < -0.4 is 10.6 Å². The van der Waals surface area contributed by atoms with Crippen molar-refractivity contribution < 1.29 is 13.6 Å². The fraction of sp³-hybridized carbons (Fsp3) is 0.381. The Morgan fingerprint density at radius 2 is 1.77 bits per heavy atom. The second kappa shape index (κ2) is 8.41. The maximum absolute atomic E-state index is 13.7. The first-order valence-electron chi connectivity index (χ1n) is 9.09. The molecule has 2 N–H and O–H groups in total. The fourth-order valence-corrected chi connectivity index (χ4v) is 3.57. The molecule has 0 radical (unpaired) electrons. The lowest BCUT2D eigenvalue weighted by Crippen LogP contribution is -2.32. The number of benzene rings is 2. The Morgan fingerprint density at radius 3 is 2.46 bits per heavy atom. The highest BCUT2D eigenvalue weighted by Crippen LogP contribution is 2.30. The van der Waals surface area contributed by atoms with Crippen LogP contribution in [0.2, 0.25) is 0 Å². The minimum absolute atomic E-state index is 0.0778. The van der Waals surface area contributed by atoms with Crippen LogP contribution in [0.15, 0.2) is 42.5 Å². The number of halogens is 2. The summed E-state index contributed by atoms with van der Waals surface area (Å²) in [5, 5.41) is 6.24. The molecule has 1 aliphatic heterocycles. The summed E-state index contributed by atoms with van der Waals surface area (Å²) in [4.78, 5) is 12.5. The lowest BCUT2D eigenvalue weighted by Gasteiger charge is -2.28. The maximum atomic E-state index is 13.7. The molecule has 0 aliphatic carbocycles. The van der Waals surface area contributed by atoms with E-state index in [0.717, 1.165) is 25.9 Å². The normalized spacial score (nSPS) is 16.3. The molecule has 5 heteroatoms.